The second kappa shape index (κ2) is 7.20. The highest BCUT2D eigenvalue weighted by atomic mass is 32.2. The summed E-state index contributed by atoms with van der Waals surface area (Å²) in [6.45, 7) is 0. The molecule has 0 heterocycles. The van der Waals surface area contributed by atoms with Gasteiger partial charge in [-0.1, -0.05) is 5.04 Å². The fourth-order valence-corrected chi connectivity index (χ4v) is 1.68. The van der Waals surface area contributed by atoms with Crippen LogP contribution >= 0.6 is 12.0 Å². The van der Waals surface area contributed by atoms with Gasteiger partial charge in [0.2, 0.25) is 0 Å². The fraction of sp³-hybridized carbons (Fsp3) is 0.875. The van der Waals surface area contributed by atoms with Crippen molar-refractivity contribution >= 4 is 18.0 Å². The molecule has 1 unspecified atom stereocenters. The lowest BCUT2D eigenvalue weighted by atomic mass is 9.91. The first-order valence-corrected chi connectivity index (χ1v) is 6.29. The number of rotatable bonds is 9. The van der Waals surface area contributed by atoms with E-state index in [9.17, 15) is 66.3 Å². The molecule has 0 aliphatic carbocycles. The predicted octanol–water partition coefficient (Wildman–Crippen LogP) is 4.54. The summed E-state index contributed by atoms with van der Waals surface area (Å²) in [6.07, 6.45) is -7.69. The molecule has 0 saturated heterocycles. The maximum atomic E-state index is 13.7. The predicted molar refractivity (Wildman–Crippen MR) is 54.7 cm³/mol. The maximum Gasteiger partial charge on any atom is 0.460 e. The van der Waals surface area contributed by atoms with Crippen molar-refractivity contribution in [3.63, 3.8) is 0 Å². The van der Waals surface area contributed by atoms with Crippen LogP contribution < -0.4 is 0 Å². The number of carboxylic acid groups (broad SMARTS) is 1. The van der Waals surface area contributed by atoms with E-state index in [2.05, 4.69) is 9.37 Å². The molecule has 0 aliphatic rings. The van der Waals surface area contributed by atoms with E-state index >= 15 is 0 Å². The molecule has 0 amide bonds. The van der Waals surface area contributed by atoms with Gasteiger partial charge in [-0.2, -0.15) is 57.1 Å². The lowest BCUT2D eigenvalue weighted by Gasteiger charge is -2.41. The SMILES string of the molecule is O=C(O)C(F)(SOOO)C(F)(F)C(F)(F)C(F)(F)C(F)(F)C(F)(F)C(F)(F)F. The average molecular weight is 476 g/mol. The minimum atomic E-state index is -8.41. The van der Waals surface area contributed by atoms with Crippen LogP contribution in [0.15, 0.2) is 0 Å². The summed E-state index contributed by atoms with van der Waals surface area (Å²) in [5, 5.41) is 11.7. The Bertz CT molecular complexity index is 591. The van der Waals surface area contributed by atoms with Gasteiger partial charge in [0.05, 0.1) is 12.0 Å². The molecule has 0 bridgehead atoms. The van der Waals surface area contributed by atoms with Crippen molar-refractivity contribution in [2.45, 2.75) is 40.8 Å². The molecule has 28 heavy (non-hydrogen) atoms. The van der Waals surface area contributed by atoms with Gasteiger partial charge >= 0.3 is 46.8 Å². The Morgan fingerprint density at radius 2 is 0.964 bits per heavy atom. The highest BCUT2D eigenvalue weighted by Crippen LogP contribution is 2.63. The van der Waals surface area contributed by atoms with Crippen LogP contribution in [0.1, 0.15) is 0 Å². The smallest absolute Gasteiger partial charge is 0.460 e. The van der Waals surface area contributed by atoms with E-state index in [1.165, 1.54) is 0 Å². The minimum absolute atomic E-state index is 2.25. The third-order valence-electron chi connectivity index (χ3n) is 2.79. The van der Waals surface area contributed by atoms with E-state index in [0.29, 0.717) is 0 Å². The fourth-order valence-electron chi connectivity index (χ4n) is 1.26. The van der Waals surface area contributed by atoms with E-state index in [0.717, 1.165) is 0 Å². The third-order valence-corrected chi connectivity index (χ3v) is 3.58. The molecule has 20 heteroatoms. The van der Waals surface area contributed by atoms with Gasteiger partial charge in [0, 0.05) is 0 Å². The summed E-state index contributed by atoms with van der Waals surface area (Å²) >= 11 is -2.25. The topological polar surface area (TPSA) is 76.0 Å². The lowest BCUT2D eigenvalue weighted by Crippen LogP contribution is -2.73. The van der Waals surface area contributed by atoms with Crippen LogP contribution in [0, 0.1) is 0 Å². The van der Waals surface area contributed by atoms with E-state index in [1.54, 1.807) is 0 Å². The Balaban J connectivity index is 6.64. The Morgan fingerprint density at radius 3 is 1.25 bits per heavy atom. The Morgan fingerprint density at radius 1 is 0.643 bits per heavy atom. The number of hydrogen-bond donors (Lipinski definition) is 2. The second-order valence-corrected chi connectivity index (χ2v) is 5.36. The van der Waals surface area contributed by atoms with Crippen LogP contribution in [0.4, 0.5) is 61.5 Å². The molecule has 0 spiro atoms. The van der Waals surface area contributed by atoms with Crippen LogP contribution in [0.5, 0.6) is 0 Å². The molecule has 0 rings (SSSR count). The molecule has 0 aliphatic heterocycles. The number of hydrogen-bond acceptors (Lipinski definition) is 5. The van der Waals surface area contributed by atoms with Gasteiger partial charge in [0.15, 0.2) is 0 Å². The van der Waals surface area contributed by atoms with Crippen LogP contribution in [0.3, 0.4) is 0 Å². The highest BCUT2D eigenvalue weighted by Gasteiger charge is 2.94. The molecule has 168 valence electrons. The molecule has 0 fully saturated rings. The van der Waals surface area contributed by atoms with Crippen molar-refractivity contribution in [1.29, 1.82) is 0 Å². The summed E-state index contributed by atoms with van der Waals surface area (Å²) in [5.74, 6) is -44.6. The van der Waals surface area contributed by atoms with Gasteiger partial charge < -0.3 is 5.11 Å². The van der Waals surface area contributed by atoms with Gasteiger partial charge in [-0.15, -0.1) is 4.33 Å². The summed E-state index contributed by atoms with van der Waals surface area (Å²) in [7, 11) is 0. The summed E-state index contributed by atoms with van der Waals surface area (Å²) in [5.41, 5.74) is 0. The normalized spacial score (nSPS) is 17.4. The van der Waals surface area contributed by atoms with Crippen molar-refractivity contribution in [2.24, 2.45) is 0 Å². The van der Waals surface area contributed by atoms with Gasteiger partial charge in [0.25, 0.3) is 0 Å². The zero-order valence-electron chi connectivity index (χ0n) is 11.8. The first-order valence-electron chi connectivity index (χ1n) is 5.54. The van der Waals surface area contributed by atoms with Crippen LogP contribution in [0.25, 0.3) is 0 Å². The van der Waals surface area contributed by atoms with Crippen molar-refractivity contribution in [2.75, 3.05) is 0 Å². The first-order chi connectivity index (χ1) is 12.0. The highest BCUT2D eigenvalue weighted by molar-refractivity contribution is 7.96. The number of aliphatic carboxylic acids is 1. The van der Waals surface area contributed by atoms with Gasteiger partial charge in [-0.25, -0.2) is 14.4 Å². The summed E-state index contributed by atoms with van der Waals surface area (Å²) in [4.78, 5) is 10.4. The number of alkyl halides is 14. The molecule has 0 aromatic rings. The largest absolute Gasteiger partial charge is 0.478 e. The standard InChI is InChI=1S/C8H2F14O5S/c9-2(1(23)24,28-27-26-25)3(10,11)4(12,13)5(14,15)6(16,17)7(18,19)8(20,21)22/h25H,(H,23,24). The van der Waals surface area contributed by atoms with E-state index in [1.807, 2.05) is 0 Å². The number of carboxylic acids is 1. The minimum Gasteiger partial charge on any atom is -0.478 e. The molecular weight excluding hydrogens is 474 g/mol. The van der Waals surface area contributed by atoms with Crippen molar-refractivity contribution in [3.05, 3.63) is 0 Å². The molecule has 2 N–H and O–H groups in total. The Kier molecular flexibility index (Phi) is 6.87. The molecule has 0 radical (unpaired) electrons. The zero-order valence-corrected chi connectivity index (χ0v) is 12.6. The van der Waals surface area contributed by atoms with Gasteiger partial charge in [-0.05, 0) is 0 Å². The zero-order chi connectivity index (χ0) is 23.2. The van der Waals surface area contributed by atoms with Gasteiger partial charge in [-0.3, -0.25) is 0 Å². The monoisotopic (exact) mass is 476 g/mol. The summed E-state index contributed by atoms with van der Waals surface area (Å²) < 4.78 is 183. The van der Waals surface area contributed by atoms with E-state index in [4.69, 9.17) is 10.4 Å². The first kappa shape index (κ1) is 26.7. The molecule has 0 aromatic carbocycles. The van der Waals surface area contributed by atoms with Crippen molar-refractivity contribution in [1.82, 2.24) is 0 Å². The quantitative estimate of drug-likeness (QED) is 0.220. The van der Waals surface area contributed by atoms with Crippen LogP contribution in [-0.2, 0) is 14.2 Å². The van der Waals surface area contributed by atoms with Crippen LogP contribution in [0.2, 0.25) is 0 Å². The van der Waals surface area contributed by atoms with E-state index < -0.39 is 58.8 Å². The van der Waals surface area contributed by atoms with Crippen LogP contribution in [-0.4, -0.2) is 57.1 Å². The number of carbonyl (C=O) groups is 1. The summed E-state index contributed by atoms with van der Waals surface area (Å²) in [6, 6.07) is 0. The third kappa shape index (κ3) is 3.43. The van der Waals surface area contributed by atoms with Gasteiger partial charge in [0.1, 0.15) is 0 Å². The van der Waals surface area contributed by atoms with Crippen molar-refractivity contribution in [3.8, 4) is 0 Å². The second-order valence-electron chi connectivity index (χ2n) is 4.50. The molecule has 1 atom stereocenters. The number of halogens is 14. The molecule has 5 nitrogen and oxygen atoms in total. The lowest BCUT2D eigenvalue weighted by molar-refractivity contribution is -0.445. The average Bonchev–Trinajstić information content (AvgIpc) is 2.50. The maximum absolute atomic E-state index is 13.7. The Labute approximate surface area is 146 Å². The van der Waals surface area contributed by atoms with Crippen molar-refractivity contribution < 1.29 is 86.0 Å². The molecule has 0 saturated carbocycles. The molecular formula is C8H2F14O5S. The molecule has 0 aromatic heterocycles. The van der Waals surface area contributed by atoms with E-state index in [-0.39, 0.29) is 0 Å². The Hall–Kier alpha value is -1.28.